The Kier molecular flexibility index (Phi) is 9.34. The molecule has 4 rings (SSSR count). The first kappa shape index (κ1) is 27.9. The summed E-state index contributed by atoms with van der Waals surface area (Å²) in [6.45, 7) is 6.34. The number of ether oxygens (including phenoxy) is 2. The van der Waals surface area contributed by atoms with Crippen LogP contribution < -0.4 is 20.1 Å². The molecule has 0 atom stereocenters. The minimum Gasteiger partial charge on any atom is -0.493 e. The van der Waals surface area contributed by atoms with E-state index in [1.54, 1.807) is 28.8 Å². The second-order valence-corrected chi connectivity index (χ2v) is 10.3. The van der Waals surface area contributed by atoms with E-state index in [9.17, 15) is 9.59 Å². The van der Waals surface area contributed by atoms with Gasteiger partial charge >= 0.3 is 0 Å². The maximum absolute atomic E-state index is 12.7. The Bertz CT molecular complexity index is 1470. The molecule has 2 N–H and O–H groups in total. The highest BCUT2D eigenvalue weighted by molar-refractivity contribution is 7.99. The molecule has 0 bridgehead atoms. The van der Waals surface area contributed by atoms with Crippen molar-refractivity contribution in [2.45, 2.75) is 25.2 Å². The fraction of sp³-hybridized carbons (Fsp3) is 0.222. The Hall–Kier alpha value is -4.16. The van der Waals surface area contributed by atoms with Crippen molar-refractivity contribution < 1.29 is 19.1 Å². The Morgan fingerprint density at radius 1 is 1.10 bits per heavy atom. The number of amides is 2. The van der Waals surface area contributed by atoms with Crippen molar-refractivity contribution in [3.63, 3.8) is 0 Å². The van der Waals surface area contributed by atoms with Crippen LogP contribution in [0.3, 0.4) is 0 Å². The van der Waals surface area contributed by atoms with Gasteiger partial charge in [-0.2, -0.15) is 0 Å². The van der Waals surface area contributed by atoms with Gasteiger partial charge in [-0.15, -0.1) is 28.1 Å². The number of anilines is 1. The van der Waals surface area contributed by atoms with Crippen molar-refractivity contribution in [1.29, 1.82) is 0 Å². The Morgan fingerprint density at radius 3 is 2.59 bits per heavy atom. The number of benzene rings is 2. The largest absolute Gasteiger partial charge is 0.493 e. The Morgan fingerprint density at radius 2 is 1.87 bits per heavy atom. The van der Waals surface area contributed by atoms with Crippen molar-refractivity contribution in [3.8, 4) is 22.8 Å². The van der Waals surface area contributed by atoms with Crippen LogP contribution in [0.1, 0.15) is 21.1 Å². The molecule has 0 spiro atoms. The second-order valence-electron chi connectivity index (χ2n) is 8.18. The van der Waals surface area contributed by atoms with Crippen LogP contribution in [0, 0.1) is 6.92 Å². The topological polar surface area (TPSA) is 120 Å². The molecule has 10 nitrogen and oxygen atoms in total. The quantitative estimate of drug-likeness (QED) is 0.190. The van der Waals surface area contributed by atoms with Crippen molar-refractivity contribution in [2.24, 2.45) is 0 Å². The Labute approximate surface area is 234 Å². The number of nitrogens with zero attached hydrogens (tertiary/aromatic N) is 4. The maximum atomic E-state index is 12.7. The third kappa shape index (κ3) is 6.84. The Balaban J connectivity index is 1.37. The standard InChI is InChI=1S/C27H28N6O4S2/c1-5-13-33-22(15-28-25(35)19-11-12-20(36-3)21(14-19)37-4)31-32-27(33)38-16-23(34)29-26-30-24(17(2)39-26)18-9-7-6-8-10-18/h5-12,14H,1,13,15-16H2,2-4H3,(H,28,35)(H,29,30,34). The zero-order valence-corrected chi connectivity index (χ0v) is 23.4. The van der Waals surface area contributed by atoms with Crippen molar-refractivity contribution >= 4 is 40.0 Å². The van der Waals surface area contributed by atoms with Gasteiger partial charge in [-0.1, -0.05) is 48.2 Å². The molecule has 0 saturated heterocycles. The summed E-state index contributed by atoms with van der Waals surface area (Å²) < 4.78 is 12.3. The van der Waals surface area contributed by atoms with Gasteiger partial charge < -0.3 is 24.7 Å². The molecule has 4 aromatic rings. The second kappa shape index (κ2) is 13.1. The summed E-state index contributed by atoms with van der Waals surface area (Å²) in [7, 11) is 3.04. The molecule has 202 valence electrons. The third-order valence-corrected chi connectivity index (χ3v) is 7.43. The minimum atomic E-state index is -0.300. The molecule has 0 saturated carbocycles. The molecular weight excluding hydrogens is 536 g/mol. The molecule has 2 heterocycles. The first-order valence-electron chi connectivity index (χ1n) is 11.9. The summed E-state index contributed by atoms with van der Waals surface area (Å²) in [5, 5.41) is 15.2. The average molecular weight is 565 g/mol. The van der Waals surface area contributed by atoms with E-state index in [2.05, 4.69) is 32.4 Å². The molecule has 2 aromatic carbocycles. The van der Waals surface area contributed by atoms with E-state index >= 15 is 0 Å². The number of hydrogen-bond acceptors (Lipinski definition) is 9. The van der Waals surface area contributed by atoms with Gasteiger partial charge in [0.25, 0.3) is 5.91 Å². The number of aryl methyl sites for hydroxylation is 1. The molecule has 0 aliphatic rings. The molecule has 0 aliphatic carbocycles. The summed E-state index contributed by atoms with van der Waals surface area (Å²) in [5.41, 5.74) is 2.28. The van der Waals surface area contributed by atoms with Crippen LogP contribution in [0.25, 0.3) is 11.3 Å². The van der Waals surface area contributed by atoms with E-state index in [-0.39, 0.29) is 24.1 Å². The summed E-state index contributed by atoms with van der Waals surface area (Å²) >= 11 is 2.68. The fourth-order valence-electron chi connectivity index (χ4n) is 3.71. The number of aromatic nitrogens is 4. The number of thioether (sulfide) groups is 1. The van der Waals surface area contributed by atoms with E-state index in [4.69, 9.17) is 9.47 Å². The smallest absolute Gasteiger partial charge is 0.251 e. The lowest BCUT2D eigenvalue weighted by Crippen LogP contribution is -2.25. The number of methoxy groups -OCH3 is 2. The predicted molar refractivity (Wildman–Crippen MR) is 153 cm³/mol. The molecule has 39 heavy (non-hydrogen) atoms. The van der Waals surface area contributed by atoms with Crippen LogP contribution >= 0.6 is 23.1 Å². The van der Waals surface area contributed by atoms with E-state index in [1.807, 2.05) is 37.3 Å². The average Bonchev–Trinajstić information content (AvgIpc) is 3.52. The number of rotatable bonds is 12. The van der Waals surface area contributed by atoms with Crippen molar-refractivity contribution in [2.75, 3.05) is 25.3 Å². The molecule has 2 amide bonds. The lowest BCUT2D eigenvalue weighted by molar-refractivity contribution is -0.113. The van der Waals surface area contributed by atoms with Crippen LogP contribution in [0.4, 0.5) is 5.13 Å². The molecule has 0 radical (unpaired) electrons. The van der Waals surface area contributed by atoms with Gasteiger partial charge in [0.05, 0.1) is 32.2 Å². The zero-order valence-electron chi connectivity index (χ0n) is 21.8. The van der Waals surface area contributed by atoms with Crippen molar-refractivity contribution in [1.82, 2.24) is 25.1 Å². The van der Waals surface area contributed by atoms with E-state index in [0.29, 0.717) is 39.7 Å². The van der Waals surface area contributed by atoms with Crippen LogP contribution in [-0.2, 0) is 17.9 Å². The first-order valence-corrected chi connectivity index (χ1v) is 13.7. The molecular formula is C27H28N6O4S2. The number of carbonyl (C=O) groups is 2. The summed E-state index contributed by atoms with van der Waals surface area (Å²) in [4.78, 5) is 31.0. The number of carbonyl (C=O) groups excluding carboxylic acids is 2. The molecule has 0 unspecified atom stereocenters. The number of hydrogen-bond donors (Lipinski definition) is 2. The third-order valence-electron chi connectivity index (χ3n) is 5.58. The number of nitrogens with one attached hydrogen (secondary N) is 2. The van der Waals surface area contributed by atoms with Crippen LogP contribution in [0.2, 0.25) is 0 Å². The summed E-state index contributed by atoms with van der Waals surface area (Å²) in [5.74, 6) is 1.14. The van der Waals surface area contributed by atoms with Gasteiger partial charge in [0, 0.05) is 22.5 Å². The van der Waals surface area contributed by atoms with Crippen LogP contribution in [-0.4, -0.2) is 51.5 Å². The number of allylic oxidation sites excluding steroid dienone is 1. The highest BCUT2D eigenvalue weighted by Crippen LogP contribution is 2.30. The van der Waals surface area contributed by atoms with Gasteiger partial charge in [-0.3, -0.25) is 9.59 Å². The molecule has 2 aromatic heterocycles. The molecule has 12 heteroatoms. The summed E-state index contributed by atoms with van der Waals surface area (Å²) in [6.07, 6.45) is 1.70. The van der Waals surface area contributed by atoms with Gasteiger partial charge in [0.1, 0.15) is 0 Å². The fourth-order valence-corrected chi connectivity index (χ4v) is 5.33. The van der Waals surface area contributed by atoms with E-state index < -0.39 is 0 Å². The lowest BCUT2D eigenvalue weighted by Gasteiger charge is -2.11. The monoisotopic (exact) mass is 564 g/mol. The van der Waals surface area contributed by atoms with E-state index in [1.165, 1.54) is 37.3 Å². The van der Waals surface area contributed by atoms with Crippen LogP contribution in [0.5, 0.6) is 11.5 Å². The number of thiazole rings is 1. The minimum absolute atomic E-state index is 0.118. The van der Waals surface area contributed by atoms with Gasteiger partial charge in [0.15, 0.2) is 27.6 Å². The maximum Gasteiger partial charge on any atom is 0.251 e. The summed E-state index contributed by atoms with van der Waals surface area (Å²) in [6, 6.07) is 14.8. The predicted octanol–water partition coefficient (Wildman–Crippen LogP) is 4.57. The van der Waals surface area contributed by atoms with Crippen LogP contribution in [0.15, 0.2) is 66.3 Å². The zero-order chi connectivity index (χ0) is 27.8. The van der Waals surface area contributed by atoms with E-state index in [0.717, 1.165) is 16.1 Å². The SMILES string of the molecule is C=CCn1c(CNC(=O)c2ccc(OC)c(OC)c2)nnc1SCC(=O)Nc1nc(-c2ccccc2)c(C)s1. The van der Waals surface area contributed by atoms with Gasteiger partial charge in [0.2, 0.25) is 5.91 Å². The normalized spacial score (nSPS) is 10.6. The highest BCUT2D eigenvalue weighted by atomic mass is 32.2. The lowest BCUT2D eigenvalue weighted by atomic mass is 10.1. The molecule has 0 fully saturated rings. The van der Waals surface area contributed by atoms with Gasteiger partial charge in [-0.05, 0) is 25.1 Å². The van der Waals surface area contributed by atoms with Crippen molar-refractivity contribution in [3.05, 3.63) is 77.5 Å². The van der Waals surface area contributed by atoms with Gasteiger partial charge in [-0.25, -0.2) is 4.98 Å². The molecule has 0 aliphatic heterocycles. The first-order chi connectivity index (χ1) is 18.9. The highest BCUT2D eigenvalue weighted by Gasteiger charge is 2.17.